The second-order valence-electron chi connectivity index (χ2n) is 39.2. The summed E-state index contributed by atoms with van der Waals surface area (Å²) in [5.74, 6) is -9.52. The topological polar surface area (TPSA) is 796 Å². The quantitative estimate of drug-likeness (QED) is 0.0199. The molecule has 8 rings (SSSR count). The van der Waals surface area contributed by atoms with Crippen molar-refractivity contribution in [1.82, 2.24) is 26.6 Å². The molecule has 43 atom stereocenters. The van der Waals surface area contributed by atoms with Crippen LogP contribution in [-0.2, 0) is 105 Å². The van der Waals surface area contributed by atoms with Crippen LogP contribution in [0, 0.1) is 0 Å². The number of carbonyl (C=O) groups is 6. The monoisotopic (exact) mass is 2110 g/mol. The highest BCUT2D eigenvalue weighted by molar-refractivity contribution is 5.77. The second kappa shape index (κ2) is 63.7. The van der Waals surface area contributed by atoms with Gasteiger partial charge in [0.15, 0.2) is 44.0 Å². The highest BCUT2D eigenvalue weighted by Gasteiger charge is 2.63. The third-order valence-electron chi connectivity index (χ3n) is 27.7. The van der Waals surface area contributed by atoms with Crippen LogP contribution in [0.1, 0.15) is 228 Å². The van der Waals surface area contributed by atoms with Crippen molar-refractivity contribution in [1.29, 1.82) is 0 Å². The number of hydrogen-bond acceptors (Lipinski definition) is 45. The van der Waals surface area contributed by atoms with E-state index < -0.39 is 359 Å². The largest absolute Gasteiger partial charge is 0.477 e. The van der Waals surface area contributed by atoms with Crippen LogP contribution in [0.25, 0.3) is 0 Å². The van der Waals surface area contributed by atoms with Crippen molar-refractivity contribution in [2.24, 2.45) is 0 Å². The Kier molecular flexibility index (Phi) is 55.1. The molecule has 16 unspecified atom stereocenters. The van der Waals surface area contributed by atoms with Crippen LogP contribution in [0.4, 0.5) is 0 Å². The van der Waals surface area contributed by atoms with Crippen LogP contribution in [0.2, 0.25) is 0 Å². The van der Waals surface area contributed by atoms with Crippen LogP contribution >= 0.6 is 0 Å². The zero-order chi connectivity index (χ0) is 107. The van der Waals surface area contributed by atoms with E-state index in [4.69, 9.17) is 75.8 Å². The zero-order valence-electron chi connectivity index (χ0n) is 84.0. The Bertz CT molecular complexity index is 3780. The lowest BCUT2D eigenvalue weighted by atomic mass is 9.88. The minimum absolute atomic E-state index is 0.132. The SMILES string of the molecule is CCCCCCCCCCCCC/C=C/[C@@H](O)[C@H](CO[C@@H]1OC(CO)[C@@H](O[C@@H]2OC(CO)[C@H](O)[C@H](O[C@@H]3OC(CO)[C@@H](O[C@@H]4OC(CO[C@@H]5OC(CO)[C@@H](O)[C@H](O)C5NC(C)=O)[C@H](O)[C@H](O[C@@H]5OC(CO)[C@@H](O[C@@H]6OC(CO)[C@H](O)[C@H](O[C@]7(C(=O)O)CC(O)[C@@H](NC(C)=O)C([C@H](O)[C@H](O)CO)O7)C6O)[C@H](O)C5NC(C)=O)C4O)[C@H](O)C3NC(C)=O)C2O)[C@H](O)C1O)NC(=O)CCCCCCCCCCCCCCCCC. The summed E-state index contributed by atoms with van der Waals surface area (Å²) >= 11 is 0. The number of hydrogen-bond donors (Lipinski definition) is 29. The van der Waals surface area contributed by atoms with Gasteiger partial charge in [-0.05, 0) is 19.3 Å². The van der Waals surface area contributed by atoms with Gasteiger partial charge in [0.2, 0.25) is 29.5 Å². The number of allylic oxidation sites excluding steroid dienone is 1. The van der Waals surface area contributed by atoms with E-state index in [1.807, 2.05) is 6.08 Å². The van der Waals surface area contributed by atoms with Gasteiger partial charge in [-0.2, -0.15) is 0 Å². The van der Waals surface area contributed by atoms with Crippen molar-refractivity contribution in [3.63, 3.8) is 0 Å². The van der Waals surface area contributed by atoms with E-state index in [0.717, 1.165) is 91.9 Å². The number of carbonyl (C=O) groups excluding carboxylic acids is 5. The maximum absolute atomic E-state index is 13.7. The maximum atomic E-state index is 13.7. The van der Waals surface area contributed by atoms with Gasteiger partial charge < -0.3 is 225 Å². The summed E-state index contributed by atoms with van der Waals surface area (Å²) in [6, 6.07) is -8.66. The fraction of sp³-hybridized carbons (Fsp3) is 0.916. The summed E-state index contributed by atoms with van der Waals surface area (Å²) in [6.07, 6.45) is -45.9. The Labute approximate surface area is 848 Å². The van der Waals surface area contributed by atoms with E-state index in [9.17, 15) is 151 Å². The van der Waals surface area contributed by atoms with Crippen molar-refractivity contribution in [2.45, 2.75) is 491 Å². The molecule has 848 valence electrons. The molecule has 8 aliphatic heterocycles. The van der Waals surface area contributed by atoms with Crippen LogP contribution in [0.3, 0.4) is 0 Å². The van der Waals surface area contributed by atoms with E-state index in [0.29, 0.717) is 12.8 Å². The molecule has 146 heavy (non-hydrogen) atoms. The molecule has 0 aromatic carbocycles. The predicted molar refractivity (Wildman–Crippen MR) is 499 cm³/mol. The molecule has 0 radical (unpaired) electrons. The lowest BCUT2D eigenvalue weighted by Crippen LogP contribution is -2.71. The number of carboxylic acids is 1. The van der Waals surface area contributed by atoms with Crippen molar-refractivity contribution >= 4 is 35.5 Å². The summed E-state index contributed by atoms with van der Waals surface area (Å²) < 4.78 is 96.0. The molecular weight excluding hydrogens is 1950 g/mol. The second-order valence-corrected chi connectivity index (χ2v) is 39.2. The van der Waals surface area contributed by atoms with Gasteiger partial charge in [-0.15, -0.1) is 0 Å². The van der Waals surface area contributed by atoms with Crippen molar-refractivity contribution in [3.8, 4) is 0 Å². The van der Waals surface area contributed by atoms with Gasteiger partial charge in [0.05, 0.1) is 83.8 Å². The Balaban J connectivity index is 0.993. The van der Waals surface area contributed by atoms with Crippen LogP contribution in [0.15, 0.2) is 12.2 Å². The first kappa shape index (κ1) is 126. The first-order valence-corrected chi connectivity index (χ1v) is 51.6. The first-order chi connectivity index (χ1) is 69.7. The molecule has 0 aromatic heterocycles. The number of aliphatic hydroxyl groups is 23. The Morgan fingerprint density at radius 2 is 0.712 bits per heavy atom. The Morgan fingerprint density at radius 3 is 1.13 bits per heavy atom. The van der Waals surface area contributed by atoms with Gasteiger partial charge in [0.1, 0.15) is 189 Å². The van der Waals surface area contributed by atoms with E-state index in [1.54, 1.807) is 6.08 Å². The summed E-state index contributed by atoms with van der Waals surface area (Å²) in [5, 5.41) is 286. The number of rotatable bonds is 63. The van der Waals surface area contributed by atoms with Gasteiger partial charge in [-0.1, -0.05) is 180 Å². The third kappa shape index (κ3) is 35.8. The molecule has 0 bridgehead atoms. The van der Waals surface area contributed by atoms with Crippen molar-refractivity contribution in [2.75, 3.05) is 59.5 Å². The minimum Gasteiger partial charge on any atom is -0.477 e. The number of ether oxygens (including phenoxy) is 16. The number of nitrogens with one attached hydrogen (secondary N) is 5. The molecule has 8 saturated heterocycles. The molecule has 8 aliphatic rings. The van der Waals surface area contributed by atoms with Crippen LogP contribution in [-0.4, -0.2) is 481 Å². The maximum Gasteiger partial charge on any atom is 0.364 e. The molecule has 0 aliphatic carbocycles. The van der Waals surface area contributed by atoms with E-state index in [1.165, 1.54) is 96.3 Å². The number of amides is 5. The highest BCUT2D eigenvalue weighted by Crippen LogP contribution is 2.42. The first-order valence-electron chi connectivity index (χ1n) is 51.6. The molecule has 29 N–H and O–H groups in total. The molecule has 0 aromatic rings. The van der Waals surface area contributed by atoms with E-state index >= 15 is 0 Å². The Morgan fingerprint density at radius 1 is 0.363 bits per heavy atom. The van der Waals surface area contributed by atoms with Gasteiger partial charge in [-0.25, -0.2) is 4.79 Å². The third-order valence-corrected chi connectivity index (χ3v) is 27.7. The zero-order valence-corrected chi connectivity index (χ0v) is 84.0. The van der Waals surface area contributed by atoms with E-state index in [-0.39, 0.29) is 12.3 Å². The molecule has 8 heterocycles. The molecule has 51 heteroatoms. The lowest BCUT2D eigenvalue weighted by molar-refractivity contribution is -0.393. The summed E-state index contributed by atoms with van der Waals surface area (Å²) in [6.45, 7) is -1.34. The highest BCUT2D eigenvalue weighted by atomic mass is 16.8. The fourth-order valence-corrected chi connectivity index (χ4v) is 19.5. The average Bonchev–Trinajstić information content (AvgIpc) is 0.746. The van der Waals surface area contributed by atoms with Crippen molar-refractivity contribution < 1.29 is 227 Å². The van der Waals surface area contributed by atoms with Crippen LogP contribution in [0.5, 0.6) is 0 Å². The molecule has 5 amide bonds. The summed E-state index contributed by atoms with van der Waals surface area (Å²) in [7, 11) is 0. The number of unbranched alkanes of at least 4 members (excludes halogenated alkanes) is 25. The molecule has 0 spiro atoms. The van der Waals surface area contributed by atoms with Gasteiger partial charge in [0.25, 0.3) is 5.79 Å². The molecule has 8 fully saturated rings. The van der Waals surface area contributed by atoms with Crippen LogP contribution < -0.4 is 26.6 Å². The Hall–Kier alpha value is -5.00. The molecule has 0 saturated carbocycles. The number of aliphatic carboxylic acids is 1. The smallest absolute Gasteiger partial charge is 0.364 e. The van der Waals surface area contributed by atoms with Crippen molar-refractivity contribution in [3.05, 3.63) is 12.2 Å². The van der Waals surface area contributed by atoms with Gasteiger partial charge in [-0.3, -0.25) is 24.0 Å². The van der Waals surface area contributed by atoms with E-state index in [2.05, 4.69) is 40.4 Å². The van der Waals surface area contributed by atoms with Gasteiger partial charge in [0, 0.05) is 40.5 Å². The molecule has 51 nitrogen and oxygen atoms in total. The van der Waals surface area contributed by atoms with Gasteiger partial charge >= 0.3 is 5.97 Å². The number of carboxylic acid groups (broad SMARTS) is 1. The summed E-state index contributed by atoms with van der Waals surface area (Å²) in [4.78, 5) is 78.5. The summed E-state index contributed by atoms with van der Waals surface area (Å²) in [5.41, 5.74) is 0. The normalized spacial score (nSPS) is 38.0. The lowest BCUT2D eigenvalue weighted by Gasteiger charge is -2.51. The average molecular weight is 2120 g/mol. The minimum atomic E-state index is -3.30. The number of aliphatic hydroxyl groups excluding tert-OH is 23. The fourth-order valence-electron chi connectivity index (χ4n) is 19.5. The molecular formula is C95H167N5O46. The predicted octanol–water partition coefficient (Wildman–Crippen LogP) is -7.28. The standard InChI is InChI=1S/C95H167N5O46/c1-7-9-11-13-15-17-19-21-22-24-26-28-30-32-34-36-62(115)100-51(52(112)35-33-31-29-27-25-23-20-18-16-14-12-10-8-2)45-131-90-76(125)75(124)82(60(44-107)138-90)142-91-77(126)84(69(118)56(40-103)134-91)143-88-65(98-49(5)110)73(122)80(58(42-105)136-88)140-92-78(127)85(71(120)61(139-92)46-132-87-64(97-48(4)109)72(121)68(117)55(39-102)133-87)144-89-66(99-50(6)111)74(123)81(59(43-106)137-89)141-93-79(128)86(70(119)57(41-104)135-93)146-95(94(129)130)37-53(113)63(96-47(3)108)83(145-95)67(116)54(114)38-101/h33,35,51-61,63-93,101-107,112-114,116-128H,7-32,34,36-46H2,1-6H3,(H,96,108)(H,97,109)(H,98,110)(H,99,111)(H,100,115)(H,129,130)/b35-33+/t51-,52+,53?,54+,55?,56?,57?,58?,59?,60?,61?,63+,64?,65?,66?,67+,68+,69-,70-,71-,72+,73+,74+,75+,76?,77?,78?,79?,80+,81+,82+,83?,84-,85-,86-,87+,88-,89-,90+,91-,92-,93-,95-/m0/s1.